The van der Waals surface area contributed by atoms with Crippen LogP contribution < -0.4 is 0 Å². The predicted molar refractivity (Wildman–Crippen MR) is 224 cm³/mol. The van der Waals surface area contributed by atoms with Crippen molar-refractivity contribution in [2.75, 3.05) is 42.7 Å². The Kier molecular flexibility index (Phi) is 96.4. The van der Waals surface area contributed by atoms with E-state index in [2.05, 4.69) is 0 Å². The number of rotatable bonds is 0. The van der Waals surface area contributed by atoms with Gasteiger partial charge in [0.05, 0.1) is 0 Å². The molecule has 1 fully saturated rings. The third kappa shape index (κ3) is 73.2. The molecule has 6 heteroatoms. The fraction of sp³-hybridized carbons (Fsp3) is 1.00. The summed E-state index contributed by atoms with van der Waals surface area (Å²) in [6, 6.07) is 0. The van der Waals surface area contributed by atoms with Crippen molar-refractivity contribution in [2.45, 2.75) is 244 Å². The fourth-order valence-electron chi connectivity index (χ4n) is 6.72. The van der Waals surface area contributed by atoms with Gasteiger partial charge in [-0.05, 0) is 0 Å². The van der Waals surface area contributed by atoms with Crippen molar-refractivity contribution in [3.63, 3.8) is 0 Å². The van der Waals surface area contributed by atoms with Crippen molar-refractivity contribution in [2.24, 2.45) is 0 Å². The van der Waals surface area contributed by atoms with E-state index in [4.69, 9.17) is 30.6 Å². The molecule has 6 nitrogen and oxygen atoms in total. The molecule has 0 saturated heterocycles. The summed E-state index contributed by atoms with van der Waals surface area (Å²) in [5, 5.41) is 42.0. The Morgan fingerprint density at radius 3 is 0.140 bits per heavy atom. The molecule has 1 saturated carbocycles. The molecule has 1 aliphatic carbocycles. The molecular weight excluding hydrogens is 624 g/mol. The van der Waals surface area contributed by atoms with Crippen LogP contribution in [0.15, 0.2) is 0 Å². The van der Waals surface area contributed by atoms with Crippen molar-refractivity contribution in [3.05, 3.63) is 0 Å². The van der Waals surface area contributed by atoms with Crippen molar-refractivity contribution in [1.82, 2.24) is 0 Å². The predicted octanol–water partition coefficient (Wildman–Crippen LogP) is 12.5. The van der Waals surface area contributed by atoms with Gasteiger partial charge in [-0.25, -0.2) is 0 Å². The van der Waals surface area contributed by atoms with Crippen LogP contribution in [0.2, 0.25) is 0 Å². The third-order valence-electron chi connectivity index (χ3n) is 9.50. The Balaban J connectivity index is -0.000000362. The van der Waals surface area contributed by atoms with Crippen molar-refractivity contribution in [1.29, 1.82) is 0 Å². The summed E-state index contributed by atoms with van der Waals surface area (Å²) in [7, 11) is 6.00. The van der Waals surface area contributed by atoms with E-state index in [1.807, 2.05) is 0 Å². The Morgan fingerprint density at radius 1 is 0.100 bits per heavy atom. The van der Waals surface area contributed by atoms with Gasteiger partial charge >= 0.3 is 0 Å². The Morgan fingerprint density at radius 2 is 0.120 bits per heavy atom. The molecule has 0 atom stereocenters. The lowest BCUT2D eigenvalue weighted by Gasteiger charge is -2.05. The van der Waals surface area contributed by atoms with Crippen LogP contribution in [-0.2, 0) is 0 Å². The van der Waals surface area contributed by atoms with Gasteiger partial charge in [0.25, 0.3) is 0 Å². The average molecular weight is 725 g/mol. The maximum absolute atomic E-state index is 7.00. The molecule has 0 unspecified atom stereocenters. The second-order valence-corrected chi connectivity index (χ2v) is 13.4. The number of hydrogen-bond donors (Lipinski definition) is 6. The molecule has 1 aliphatic rings. The minimum absolute atomic E-state index is 1.00. The number of hydrogen-bond acceptors (Lipinski definition) is 6. The summed E-state index contributed by atoms with van der Waals surface area (Å²) in [6.45, 7) is 0. The van der Waals surface area contributed by atoms with Gasteiger partial charge in [0, 0.05) is 42.7 Å². The van der Waals surface area contributed by atoms with E-state index in [1.54, 1.807) is 0 Å². The zero-order chi connectivity index (χ0) is 38.9. The highest BCUT2D eigenvalue weighted by Crippen LogP contribution is 2.18. The molecule has 0 aromatic heterocycles. The maximum atomic E-state index is 7.00. The third-order valence-corrected chi connectivity index (χ3v) is 9.50. The summed E-state index contributed by atoms with van der Waals surface area (Å²) < 4.78 is 0. The van der Waals surface area contributed by atoms with E-state index >= 15 is 0 Å². The number of aliphatic hydroxyl groups excluding tert-OH is 6. The highest BCUT2D eigenvalue weighted by atomic mass is 16.2. The first kappa shape index (κ1) is 61.8. The maximum Gasteiger partial charge on any atom is 0.0319 e. The molecule has 50 heavy (non-hydrogen) atoms. The normalized spacial score (nSPS) is 19.0. The summed E-state index contributed by atoms with van der Waals surface area (Å²) in [6.07, 6.45) is 57.0. The SMILES string of the molecule is C1CCCCCCCCCCCCCCCCCCCCCCCCCCCCCCCCCCCCC1.CO.CO.CO.CO.CO.CO. The van der Waals surface area contributed by atoms with E-state index in [-0.39, 0.29) is 0 Å². The molecule has 0 spiro atoms. The van der Waals surface area contributed by atoms with Gasteiger partial charge in [0.15, 0.2) is 0 Å². The first-order valence-electron chi connectivity index (χ1n) is 21.7. The average Bonchev–Trinajstić information content (AvgIpc) is 3.19. The van der Waals surface area contributed by atoms with E-state index in [9.17, 15) is 0 Å². The highest BCUT2D eigenvalue weighted by molar-refractivity contribution is 4.54. The van der Waals surface area contributed by atoms with E-state index in [0.29, 0.717) is 0 Å². The molecule has 0 aromatic carbocycles. The van der Waals surface area contributed by atoms with Crippen LogP contribution >= 0.6 is 0 Å². The summed E-state index contributed by atoms with van der Waals surface area (Å²) >= 11 is 0. The smallest absolute Gasteiger partial charge is 0.0319 e. The fourth-order valence-corrected chi connectivity index (χ4v) is 6.72. The quantitative estimate of drug-likeness (QED) is 0.148. The summed E-state index contributed by atoms with van der Waals surface area (Å²) in [5.74, 6) is 0. The second-order valence-electron chi connectivity index (χ2n) is 13.4. The van der Waals surface area contributed by atoms with Crippen LogP contribution in [-0.4, -0.2) is 73.3 Å². The topological polar surface area (TPSA) is 121 Å². The Labute approximate surface area is 316 Å². The van der Waals surface area contributed by atoms with Crippen molar-refractivity contribution < 1.29 is 30.6 Å². The second kappa shape index (κ2) is 78.0. The molecule has 0 heterocycles. The van der Waals surface area contributed by atoms with Gasteiger partial charge in [0.2, 0.25) is 0 Å². The van der Waals surface area contributed by atoms with E-state index in [1.165, 1.54) is 244 Å². The summed E-state index contributed by atoms with van der Waals surface area (Å²) in [4.78, 5) is 0. The lowest BCUT2D eigenvalue weighted by Crippen LogP contribution is -1.85. The number of aliphatic hydroxyl groups is 6. The van der Waals surface area contributed by atoms with Crippen LogP contribution in [0.25, 0.3) is 0 Å². The molecule has 312 valence electrons. The molecule has 0 aromatic rings. The Bertz CT molecular complexity index is 226. The summed E-state index contributed by atoms with van der Waals surface area (Å²) in [5.41, 5.74) is 0. The lowest BCUT2D eigenvalue weighted by atomic mass is 10.0. The standard InChI is InChI=1S/C38H76.6CH4O/c1-2-4-6-8-10-12-14-16-18-20-22-24-26-28-30-32-34-36-38-37-35-33-31-29-27-25-23-21-19-17-15-13-11-9-7-5-3-1;6*1-2/h1-38H2;6*2H,1H3. The van der Waals surface area contributed by atoms with Gasteiger partial charge < -0.3 is 30.6 Å². The van der Waals surface area contributed by atoms with Gasteiger partial charge in [-0.2, -0.15) is 0 Å². The van der Waals surface area contributed by atoms with Crippen molar-refractivity contribution in [3.8, 4) is 0 Å². The molecule has 1 rings (SSSR count). The van der Waals surface area contributed by atoms with Crippen LogP contribution in [0.5, 0.6) is 0 Å². The van der Waals surface area contributed by atoms with Crippen LogP contribution in [0.1, 0.15) is 244 Å². The van der Waals surface area contributed by atoms with Crippen LogP contribution in [0.3, 0.4) is 0 Å². The van der Waals surface area contributed by atoms with E-state index in [0.717, 1.165) is 42.7 Å². The van der Waals surface area contributed by atoms with Crippen molar-refractivity contribution >= 4 is 0 Å². The molecule has 0 bridgehead atoms. The zero-order valence-corrected chi connectivity index (χ0v) is 35.6. The first-order chi connectivity index (χ1) is 25.0. The zero-order valence-electron chi connectivity index (χ0n) is 35.6. The van der Waals surface area contributed by atoms with E-state index < -0.39 is 0 Å². The molecule has 6 N–H and O–H groups in total. The van der Waals surface area contributed by atoms with Gasteiger partial charge in [-0.1, -0.05) is 244 Å². The molecule has 0 radical (unpaired) electrons. The minimum Gasteiger partial charge on any atom is -0.400 e. The lowest BCUT2D eigenvalue weighted by molar-refractivity contribution is 0.399. The van der Waals surface area contributed by atoms with Gasteiger partial charge in [-0.15, -0.1) is 0 Å². The molecular formula is C44H100O6. The Hall–Kier alpha value is -0.240. The largest absolute Gasteiger partial charge is 0.400 e. The van der Waals surface area contributed by atoms with Gasteiger partial charge in [0.1, 0.15) is 0 Å². The first-order valence-corrected chi connectivity index (χ1v) is 21.7. The van der Waals surface area contributed by atoms with Gasteiger partial charge in [-0.3, -0.25) is 0 Å². The highest BCUT2D eigenvalue weighted by Gasteiger charge is 1.98. The minimum atomic E-state index is 1.00. The van der Waals surface area contributed by atoms with Crippen LogP contribution in [0, 0.1) is 0 Å². The molecule has 0 aliphatic heterocycles. The van der Waals surface area contributed by atoms with Crippen LogP contribution in [0.4, 0.5) is 0 Å². The monoisotopic (exact) mass is 725 g/mol. The molecule has 0 amide bonds.